The molecule has 1 aromatic heterocycles. The van der Waals surface area contributed by atoms with Crippen LogP contribution in [0.5, 0.6) is 5.75 Å². The molecule has 11 heteroatoms. The number of aliphatic carboxylic acids is 1. The van der Waals surface area contributed by atoms with Gasteiger partial charge in [0.1, 0.15) is 5.75 Å². The van der Waals surface area contributed by atoms with Crippen molar-refractivity contribution in [3.8, 4) is 5.75 Å². The number of fused-ring (bicyclic) bond motifs is 2. The third kappa shape index (κ3) is 5.08. The molecule has 11 nitrogen and oxygen atoms in total. The minimum absolute atomic E-state index is 0.156. The number of carbonyl (C=O) groups is 4. The summed E-state index contributed by atoms with van der Waals surface area (Å²) in [4.78, 5) is 53.9. The van der Waals surface area contributed by atoms with Crippen LogP contribution < -0.4 is 26.4 Å². The number of hydrogen-bond donors (Lipinski definition) is 5. The molecule has 2 aromatic carbocycles. The highest BCUT2D eigenvalue weighted by molar-refractivity contribution is 6.35. The van der Waals surface area contributed by atoms with Gasteiger partial charge in [0, 0.05) is 45.9 Å². The zero-order valence-corrected chi connectivity index (χ0v) is 20.3. The molecular formula is C26H27N5O6. The lowest BCUT2D eigenvalue weighted by atomic mass is 10.0. The minimum atomic E-state index is -1.23. The molecular weight excluding hydrogens is 478 g/mol. The number of aromatic amines is 1. The summed E-state index contributed by atoms with van der Waals surface area (Å²) in [5.74, 6) is -2.29. The number of H-pyrrole nitrogens is 1. The van der Waals surface area contributed by atoms with Crippen molar-refractivity contribution < 1.29 is 29.0 Å². The van der Waals surface area contributed by atoms with Crippen LogP contribution in [0.4, 0.5) is 11.4 Å². The number of nitrogens with zero attached hydrogens (tertiary/aromatic N) is 1. The summed E-state index contributed by atoms with van der Waals surface area (Å²) < 4.78 is 5.31. The Morgan fingerprint density at radius 1 is 1.14 bits per heavy atom. The summed E-state index contributed by atoms with van der Waals surface area (Å²) >= 11 is 0. The lowest BCUT2D eigenvalue weighted by Gasteiger charge is -2.26. The molecule has 0 spiro atoms. The standard InChI is InChI=1S/C26H27N5O6/c1-13(27)25(35)31(26(36)20(28)5-8-23(32)33)15-3-6-22-18(10-15)19(24(34)30-22)9-14-12-29-21-7-4-16(37-2)11-17(14)21/h3-4,6-7,9-13,20,29H,5,8,27-28H2,1-2H3,(H,30,34)(H,32,33)/t13-,20-/m0/s1. The highest BCUT2D eigenvalue weighted by Crippen LogP contribution is 2.37. The van der Waals surface area contributed by atoms with Gasteiger partial charge in [0.2, 0.25) is 5.91 Å². The van der Waals surface area contributed by atoms with Gasteiger partial charge in [-0.3, -0.25) is 19.2 Å². The fourth-order valence-corrected chi connectivity index (χ4v) is 4.12. The minimum Gasteiger partial charge on any atom is -0.497 e. The monoisotopic (exact) mass is 505 g/mol. The predicted octanol–water partition coefficient (Wildman–Crippen LogP) is 2.07. The van der Waals surface area contributed by atoms with Crippen LogP contribution in [0.3, 0.4) is 0 Å². The van der Waals surface area contributed by atoms with E-state index in [2.05, 4.69) is 10.3 Å². The number of anilines is 2. The van der Waals surface area contributed by atoms with Gasteiger partial charge in [0.05, 0.1) is 24.9 Å². The average molecular weight is 506 g/mol. The Bertz CT molecular complexity index is 1440. The number of nitrogens with two attached hydrogens (primary N) is 2. The van der Waals surface area contributed by atoms with E-state index in [1.54, 1.807) is 25.4 Å². The Morgan fingerprint density at radius 2 is 1.89 bits per heavy atom. The van der Waals surface area contributed by atoms with Crippen LogP contribution in [0.2, 0.25) is 0 Å². The van der Waals surface area contributed by atoms with E-state index in [0.717, 1.165) is 21.4 Å². The van der Waals surface area contributed by atoms with Crippen molar-refractivity contribution in [1.82, 2.24) is 4.98 Å². The van der Waals surface area contributed by atoms with Gasteiger partial charge in [0.25, 0.3) is 11.8 Å². The van der Waals surface area contributed by atoms with E-state index >= 15 is 0 Å². The van der Waals surface area contributed by atoms with E-state index < -0.39 is 29.9 Å². The number of carboxylic acid groups (broad SMARTS) is 1. The van der Waals surface area contributed by atoms with Crippen LogP contribution in [-0.4, -0.2) is 53.0 Å². The van der Waals surface area contributed by atoms with Crippen molar-refractivity contribution in [2.75, 3.05) is 17.3 Å². The van der Waals surface area contributed by atoms with Crippen LogP contribution in [0, 0.1) is 0 Å². The number of aromatic nitrogens is 1. The smallest absolute Gasteiger partial charge is 0.303 e. The lowest BCUT2D eigenvalue weighted by Crippen LogP contribution is -2.52. The second-order valence-electron chi connectivity index (χ2n) is 8.74. The second kappa shape index (κ2) is 10.2. The molecule has 37 heavy (non-hydrogen) atoms. The van der Waals surface area contributed by atoms with Gasteiger partial charge >= 0.3 is 5.97 Å². The van der Waals surface area contributed by atoms with Crippen molar-refractivity contribution in [3.05, 3.63) is 53.7 Å². The number of rotatable bonds is 8. The van der Waals surface area contributed by atoms with E-state index in [0.29, 0.717) is 22.6 Å². The molecule has 0 unspecified atom stereocenters. The van der Waals surface area contributed by atoms with Gasteiger partial charge < -0.3 is 31.6 Å². The second-order valence-corrected chi connectivity index (χ2v) is 8.74. The van der Waals surface area contributed by atoms with Crippen molar-refractivity contribution in [1.29, 1.82) is 0 Å². The molecule has 0 radical (unpaired) electrons. The number of benzene rings is 2. The fourth-order valence-electron chi connectivity index (χ4n) is 4.12. The SMILES string of the molecule is COc1ccc2[nH]cc(C=C3C(=O)Nc4ccc(N(C(=O)[C@H](C)N)C(=O)[C@@H](N)CCC(=O)O)cc43)c2c1. The normalized spacial score (nSPS) is 15.2. The van der Waals surface area contributed by atoms with Crippen LogP contribution in [0.15, 0.2) is 42.6 Å². The zero-order chi connectivity index (χ0) is 26.9. The van der Waals surface area contributed by atoms with E-state index in [1.807, 2.05) is 18.2 Å². The van der Waals surface area contributed by atoms with Gasteiger partial charge in [-0.25, -0.2) is 4.90 Å². The lowest BCUT2D eigenvalue weighted by molar-refractivity contribution is -0.137. The Labute approximate surface area is 212 Å². The predicted molar refractivity (Wildman–Crippen MR) is 139 cm³/mol. The maximum atomic E-state index is 13.1. The highest BCUT2D eigenvalue weighted by atomic mass is 16.5. The quantitative estimate of drug-likeness (QED) is 0.288. The Morgan fingerprint density at radius 3 is 2.57 bits per heavy atom. The molecule has 0 aliphatic carbocycles. The summed E-state index contributed by atoms with van der Waals surface area (Å²) in [5, 5.41) is 12.6. The van der Waals surface area contributed by atoms with Gasteiger partial charge in [-0.1, -0.05) is 0 Å². The number of hydrogen-bond acceptors (Lipinski definition) is 7. The Hall–Kier alpha value is -4.48. The van der Waals surface area contributed by atoms with Crippen LogP contribution in [0.1, 0.15) is 30.9 Å². The van der Waals surface area contributed by atoms with E-state index in [9.17, 15) is 19.2 Å². The first kappa shape index (κ1) is 25.6. The number of carboxylic acids is 1. The molecule has 2 atom stereocenters. The average Bonchev–Trinajstić information content (AvgIpc) is 3.42. The molecule has 0 bridgehead atoms. The molecule has 7 N–H and O–H groups in total. The van der Waals surface area contributed by atoms with Crippen LogP contribution >= 0.6 is 0 Å². The molecule has 0 fully saturated rings. The van der Waals surface area contributed by atoms with Gasteiger partial charge in [0.15, 0.2) is 0 Å². The van der Waals surface area contributed by atoms with Gasteiger partial charge in [-0.15, -0.1) is 0 Å². The first-order chi connectivity index (χ1) is 17.6. The molecule has 4 rings (SSSR count). The number of carbonyl (C=O) groups excluding carboxylic acids is 3. The van der Waals surface area contributed by atoms with Crippen LogP contribution in [-0.2, 0) is 19.2 Å². The van der Waals surface area contributed by atoms with E-state index in [1.165, 1.54) is 19.1 Å². The summed E-state index contributed by atoms with van der Waals surface area (Å²) in [6, 6.07) is 7.90. The molecule has 192 valence electrons. The first-order valence-electron chi connectivity index (χ1n) is 11.5. The van der Waals surface area contributed by atoms with Crippen molar-refractivity contribution >= 4 is 57.6 Å². The molecule has 2 heterocycles. The van der Waals surface area contributed by atoms with Crippen molar-refractivity contribution in [2.45, 2.75) is 31.8 Å². The number of ether oxygens (including phenoxy) is 1. The van der Waals surface area contributed by atoms with Crippen LogP contribution in [0.25, 0.3) is 22.6 Å². The molecule has 1 aliphatic rings. The number of amides is 3. The third-order valence-electron chi connectivity index (χ3n) is 6.08. The maximum Gasteiger partial charge on any atom is 0.303 e. The summed E-state index contributed by atoms with van der Waals surface area (Å²) in [6.45, 7) is 1.43. The molecule has 0 saturated heterocycles. The largest absolute Gasteiger partial charge is 0.497 e. The maximum absolute atomic E-state index is 13.1. The van der Waals surface area contributed by atoms with Gasteiger partial charge in [-0.2, -0.15) is 0 Å². The van der Waals surface area contributed by atoms with Gasteiger partial charge in [-0.05, 0) is 55.8 Å². The molecule has 3 aromatic rings. The van der Waals surface area contributed by atoms with Crippen molar-refractivity contribution in [3.63, 3.8) is 0 Å². The molecule has 1 aliphatic heterocycles. The number of methoxy groups -OCH3 is 1. The summed E-state index contributed by atoms with van der Waals surface area (Å²) in [7, 11) is 1.57. The molecule has 0 saturated carbocycles. The molecule has 3 amide bonds. The topological polar surface area (TPSA) is 181 Å². The number of nitrogens with one attached hydrogen (secondary N) is 2. The summed E-state index contributed by atoms with van der Waals surface area (Å²) in [5.41, 5.74) is 14.8. The van der Waals surface area contributed by atoms with Crippen molar-refractivity contribution in [2.24, 2.45) is 11.5 Å². The highest BCUT2D eigenvalue weighted by Gasteiger charge is 2.32. The fraction of sp³-hybridized carbons (Fsp3) is 0.231. The van der Waals surface area contributed by atoms with E-state index in [4.69, 9.17) is 21.3 Å². The third-order valence-corrected chi connectivity index (χ3v) is 6.08. The first-order valence-corrected chi connectivity index (χ1v) is 11.5. The summed E-state index contributed by atoms with van der Waals surface area (Å²) in [6.07, 6.45) is 2.99. The van der Waals surface area contributed by atoms with E-state index in [-0.39, 0.29) is 24.4 Å². The zero-order valence-electron chi connectivity index (χ0n) is 20.3. The Kier molecular flexibility index (Phi) is 7.09. The Balaban J connectivity index is 1.76. The number of imide groups is 1.